The molecule has 0 amide bonds. The van der Waals surface area contributed by atoms with Crippen LogP contribution in [0.5, 0.6) is 0 Å². The average molecular weight is 257 g/mol. The van der Waals surface area contributed by atoms with Crippen LogP contribution in [0, 0.1) is 17.2 Å². The fourth-order valence-corrected chi connectivity index (χ4v) is 2.73. The van der Waals surface area contributed by atoms with Gasteiger partial charge in [0, 0.05) is 6.92 Å². The SMILES string of the molecule is CC(=O)OCC1CCC(c2ccc(C#N)cc2)CC1. The molecule has 19 heavy (non-hydrogen) atoms. The monoisotopic (exact) mass is 257 g/mol. The van der Waals surface area contributed by atoms with E-state index in [9.17, 15) is 4.79 Å². The summed E-state index contributed by atoms with van der Waals surface area (Å²) in [5.74, 6) is 0.911. The molecule has 0 saturated heterocycles. The van der Waals surface area contributed by atoms with Gasteiger partial charge in [0.15, 0.2) is 0 Å². The van der Waals surface area contributed by atoms with Crippen LogP contribution in [0.3, 0.4) is 0 Å². The molecule has 0 heterocycles. The second-order valence-corrected chi connectivity index (χ2v) is 5.25. The second kappa shape index (κ2) is 6.38. The lowest BCUT2D eigenvalue weighted by atomic mass is 9.79. The maximum absolute atomic E-state index is 10.8. The molecule has 0 spiro atoms. The molecule has 1 saturated carbocycles. The summed E-state index contributed by atoms with van der Waals surface area (Å²) in [4.78, 5) is 10.8. The Labute approximate surface area is 114 Å². The van der Waals surface area contributed by atoms with E-state index in [2.05, 4.69) is 18.2 Å². The van der Waals surface area contributed by atoms with Gasteiger partial charge in [-0.25, -0.2) is 0 Å². The van der Waals surface area contributed by atoms with Crippen molar-refractivity contribution in [2.24, 2.45) is 5.92 Å². The minimum absolute atomic E-state index is 0.186. The molecule has 100 valence electrons. The van der Waals surface area contributed by atoms with Crippen LogP contribution in [-0.4, -0.2) is 12.6 Å². The molecule has 0 atom stereocenters. The number of esters is 1. The third kappa shape index (κ3) is 3.82. The maximum Gasteiger partial charge on any atom is 0.302 e. The molecule has 3 heteroatoms. The summed E-state index contributed by atoms with van der Waals surface area (Å²) in [5.41, 5.74) is 2.04. The Kier molecular flexibility index (Phi) is 4.57. The molecule has 0 bridgehead atoms. The molecule has 3 nitrogen and oxygen atoms in total. The Hall–Kier alpha value is -1.82. The van der Waals surface area contributed by atoms with E-state index in [1.807, 2.05) is 12.1 Å². The number of carbonyl (C=O) groups is 1. The molecule has 0 aliphatic heterocycles. The summed E-state index contributed by atoms with van der Waals surface area (Å²) in [7, 11) is 0. The first-order chi connectivity index (χ1) is 9.19. The number of benzene rings is 1. The van der Waals surface area contributed by atoms with Gasteiger partial charge in [-0.05, 0) is 55.2 Å². The number of hydrogen-bond donors (Lipinski definition) is 0. The van der Waals surface area contributed by atoms with Crippen LogP contribution in [0.4, 0.5) is 0 Å². The molecule has 0 aromatic heterocycles. The molecule has 1 aliphatic carbocycles. The van der Waals surface area contributed by atoms with Gasteiger partial charge in [0.25, 0.3) is 0 Å². The molecule has 0 unspecified atom stereocenters. The summed E-state index contributed by atoms with van der Waals surface area (Å²) in [6.07, 6.45) is 4.49. The average Bonchev–Trinajstić information content (AvgIpc) is 2.46. The smallest absolute Gasteiger partial charge is 0.302 e. The zero-order valence-corrected chi connectivity index (χ0v) is 11.3. The van der Waals surface area contributed by atoms with Gasteiger partial charge in [0.1, 0.15) is 0 Å². The largest absolute Gasteiger partial charge is 0.466 e. The van der Waals surface area contributed by atoms with Crippen molar-refractivity contribution >= 4 is 5.97 Å². The van der Waals surface area contributed by atoms with E-state index in [-0.39, 0.29) is 5.97 Å². The van der Waals surface area contributed by atoms with E-state index in [1.54, 1.807) is 0 Å². The number of ether oxygens (including phenoxy) is 1. The number of nitriles is 1. The Bertz CT molecular complexity index is 465. The molecule has 1 aromatic rings. The Morgan fingerprint density at radius 1 is 1.26 bits per heavy atom. The van der Waals surface area contributed by atoms with Gasteiger partial charge >= 0.3 is 5.97 Å². The zero-order valence-electron chi connectivity index (χ0n) is 11.3. The first-order valence-electron chi connectivity index (χ1n) is 6.82. The number of hydrogen-bond acceptors (Lipinski definition) is 3. The summed E-state index contributed by atoms with van der Waals surface area (Å²) in [5, 5.41) is 8.79. The van der Waals surface area contributed by atoms with Crippen LogP contribution in [0.25, 0.3) is 0 Å². The first-order valence-corrected chi connectivity index (χ1v) is 6.82. The van der Waals surface area contributed by atoms with Crippen molar-refractivity contribution in [2.45, 2.75) is 38.5 Å². The number of carbonyl (C=O) groups excluding carboxylic acids is 1. The lowest BCUT2D eigenvalue weighted by Gasteiger charge is -2.28. The normalized spacial score (nSPS) is 22.5. The van der Waals surface area contributed by atoms with E-state index in [1.165, 1.54) is 12.5 Å². The van der Waals surface area contributed by atoms with Gasteiger partial charge in [0.2, 0.25) is 0 Å². The molecule has 0 N–H and O–H groups in total. The van der Waals surface area contributed by atoms with Gasteiger partial charge in [-0.3, -0.25) is 4.79 Å². The molecular weight excluding hydrogens is 238 g/mol. The molecule has 1 aromatic carbocycles. The van der Waals surface area contributed by atoms with Crippen LogP contribution >= 0.6 is 0 Å². The van der Waals surface area contributed by atoms with Crippen molar-refractivity contribution in [1.82, 2.24) is 0 Å². The highest BCUT2D eigenvalue weighted by Crippen LogP contribution is 2.35. The van der Waals surface area contributed by atoms with Crippen molar-refractivity contribution in [3.63, 3.8) is 0 Å². The summed E-state index contributed by atoms with van der Waals surface area (Å²) >= 11 is 0. The maximum atomic E-state index is 10.8. The second-order valence-electron chi connectivity index (χ2n) is 5.25. The fourth-order valence-electron chi connectivity index (χ4n) is 2.73. The summed E-state index contributed by atoms with van der Waals surface area (Å²) in [6, 6.07) is 10.1. The standard InChI is InChI=1S/C16H19NO2/c1-12(18)19-11-14-4-8-16(9-5-14)15-6-2-13(10-17)3-7-15/h2-3,6-7,14,16H,4-5,8-9,11H2,1H3. The topological polar surface area (TPSA) is 50.1 Å². The molecule has 1 aliphatic rings. The summed E-state index contributed by atoms with van der Waals surface area (Å²) < 4.78 is 5.08. The zero-order chi connectivity index (χ0) is 13.7. The van der Waals surface area contributed by atoms with E-state index in [4.69, 9.17) is 10.00 Å². The van der Waals surface area contributed by atoms with Crippen LogP contribution in [0.1, 0.15) is 49.7 Å². The highest BCUT2D eigenvalue weighted by molar-refractivity contribution is 5.65. The molecular formula is C16H19NO2. The lowest BCUT2D eigenvalue weighted by molar-refractivity contribution is -0.142. The molecule has 1 fully saturated rings. The van der Waals surface area contributed by atoms with E-state index in [0.717, 1.165) is 25.7 Å². The van der Waals surface area contributed by atoms with Crippen LogP contribution in [0.2, 0.25) is 0 Å². The predicted octanol–water partition coefficient (Wildman–Crippen LogP) is 3.40. The van der Waals surface area contributed by atoms with E-state index < -0.39 is 0 Å². The third-order valence-electron chi connectivity index (χ3n) is 3.88. The molecule has 0 radical (unpaired) electrons. The minimum Gasteiger partial charge on any atom is -0.466 e. The molecule has 2 rings (SSSR count). The van der Waals surface area contributed by atoms with E-state index in [0.29, 0.717) is 24.0 Å². The van der Waals surface area contributed by atoms with Crippen LogP contribution < -0.4 is 0 Å². The van der Waals surface area contributed by atoms with E-state index >= 15 is 0 Å². The van der Waals surface area contributed by atoms with Gasteiger partial charge in [-0.15, -0.1) is 0 Å². The number of nitrogens with zero attached hydrogens (tertiary/aromatic N) is 1. The highest BCUT2D eigenvalue weighted by atomic mass is 16.5. The van der Waals surface area contributed by atoms with Gasteiger partial charge < -0.3 is 4.74 Å². The van der Waals surface area contributed by atoms with Crippen LogP contribution in [0.15, 0.2) is 24.3 Å². The van der Waals surface area contributed by atoms with Crippen LogP contribution in [-0.2, 0) is 9.53 Å². The van der Waals surface area contributed by atoms with Crippen molar-refractivity contribution in [3.05, 3.63) is 35.4 Å². The minimum atomic E-state index is -0.186. The Morgan fingerprint density at radius 3 is 2.42 bits per heavy atom. The predicted molar refractivity (Wildman–Crippen MR) is 72.5 cm³/mol. The Balaban J connectivity index is 1.85. The van der Waals surface area contributed by atoms with Gasteiger partial charge in [-0.2, -0.15) is 5.26 Å². The fraction of sp³-hybridized carbons (Fsp3) is 0.500. The summed E-state index contributed by atoms with van der Waals surface area (Å²) in [6.45, 7) is 2.03. The number of rotatable bonds is 3. The quantitative estimate of drug-likeness (QED) is 0.780. The van der Waals surface area contributed by atoms with Gasteiger partial charge in [-0.1, -0.05) is 12.1 Å². The highest BCUT2D eigenvalue weighted by Gasteiger charge is 2.22. The van der Waals surface area contributed by atoms with Crippen molar-refractivity contribution < 1.29 is 9.53 Å². The van der Waals surface area contributed by atoms with Crippen molar-refractivity contribution in [2.75, 3.05) is 6.61 Å². The van der Waals surface area contributed by atoms with Crippen molar-refractivity contribution in [1.29, 1.82) is 5.26 Å². The first kappa shape index (κ1) is 13.6. The third-order valence-corrected chi connectivity index (χ3v) is 3.88. The Morgan fingerprint density at radius 2 is 1.89 bits per heavy atom. The lowest BCUT2D eigenvalue weighted by Crippen LogP contribution is -2.19. The van der Waals surface area contributed by atoms with Crippen molar-refractivity contribution in [3.8, 4) is 6.07 Å². The van der Waals surface area contributed by atoms with Gasteiger partial charge in [0.05, 0.1) is 18.2 Å².